The van der Waals surface area contributed by atoms with Crippen LogP contribution < -0.4 is 5.73 Å². The molecule has 1 aromatic rings. The second-order valence-electron chi connectivity index (χ2n) is 3.08. The number of rotatable bonds is 4. The third kappa shape index (κ3) is 3.45. The number of hydrogen-bond acceptors (Lipinski definition) is 4. The molecule has 12 heavy (non-hydrogen) atoms. The molecule has 2 N–H and O–H groups in total. The molecular formula is C8H14N2S2. The van der Waals surface area contributed by atoms with E-state index in [2.05, 4.69) is 18.8 Å². The highest BCUT2D eigenvalue weighted by Crippen LogP contribution is 2.19. The summed E-state index contributed by atoms with van der Waals surface area (Å²) in [6.07, 6.45) is 0. The van der Waals surface area contributed by atoms with Crippen LogP contribution in [-0.2, 0) is 5.75 Å². The summed E-state index contributed by atoms with van der Waals surface area (Å²) in [6.45, 7) is 4.45. The number of thiazole rings is 1. The molecule has 0 amide bonds. The van der Waals surface area contributed by atoms with Crippen LogP contribution in [0.15, 0.2) is 5.38 Å². The molecule has 0 spiro atoms. The smallest absolute Gasteiger partial charge is 0.134 e. The molecule has 1 heterocycles. The Morgan fingerprint density at radius 3 is 2.92 bits per heavy atom. The molecule has 68 valence electrons. The van der Waals surface area contributed by atoms with Gasteiger partial charge in [-0.1, -0.05) is 13.8 Å². The van der Waals surface area contributed by atoms with Gasteiger partial charge >= 0.3 is 0 Å². The van der Waals surface area contributed by atoms with Gasteiger partial charge in [-0.2, -0.15) is 11.8 Å². The molecular weight excluding hydrogens is 188 g/mol. The second-order valence-corrected chi connectivity index (χ2v) is 5.05. The van der Waals surface area contributed by atoms with Gasteiger partial charge in [0.1, 0.15) is 10.8 Å². The molecule has 0 atom stereocenters. The zero-order chi connectivity index (χ0) is 8.97. The molecule has 4 heteroatoms. The summed E-state index contributed by atoms with van der Waals surface area (Å²) >= 11 is 3.56. The van der Waals surface area contributed by atoms with E-state index in [0.29, 0.717) is 5.82 Å². The fourth-order valence-corrected chi connectivity index (χ4v) is 2.59. The van der Waals surface area contributed by atoms with Crippen molar-refractivity contribution >= 4 is 28.9 Å². The van der Waals surface area contributed by atoms with E-state index >= 15 is 0 Å². The van der Waals surface area contributed by atoms with E-state index in [1.54, 1.807) is 11.3 Å². The zero-order valence-corrected chi connectivity index (χ0v) is 9.04. The van der Waals surface area contributed by atoms with Crippen molar-refractivity contribution < 1.29 is 0 Å². The number of anilines is 1. The fraction of sp³-hybridized carbons (Fsp3) is 0.625. The molecule has 1 rings (SSSR count). The molecule has 0 radical (unpaired) electrons. The Morgan fingerprint density at radius 2 is 2.42 bits per heavy atom. The Bertz CT molecular complexity index is 233. The lowest BCUT2D eigenvalue weighted by Gasteiger charge is -2.01. The van der Waals surface area contributed by atoms with Gasteiger partial charge in [-0.15, -0.1) is 11.3 Å². The topological polar surface area (TPSA) is 38.9 Å². The summed E-state index contributed by atoms with van der Waals surface area (Å²) in [5, 5.41) is 3.03. The first-order chi connectivity index (χ1) is 5.68. The predicted molar refractivity (Wildman–Crippen MR) is 57.5 cm³/mol. The molecule has 0 aliphatic heterocycles. The molecule has 0 aromatic carbocycles. The summed E-state index contributed by atoms with van der Waals surface area (Å²) in [5.74, 6) is 3.60. The average molecular weight is 202 g/mol. The predicted octanol–water partition coefficient (Wildman–Crippen LogP) is 2.61. The Labute approximate surface area is 81.6 Å². The number of nitrogen functional groups attached to an aromatic ring is 1. The van der Waals surface area contributed by atoms with Gasteiger partial charge < -0.3 is 5.73 Å². The number of thioether (sulfide) groups is 1. The molecule has 2 nitrogen and oxygen atoms in total. The van der Waals surface area contributed by atoms with Crippen LogP contribution in [-0.4, -0.2) is 10.7 Å². The minimum Gasteiger partial charge on any atom is -0.383 e. The summed E-state index contributed by atoms with van der Waals surface area (Å²) < 4.78 is 0. The van der Waals surface area contributed by atoms with E-state index in [1.165, 1.54) is 5.75 Å². The first-order valence-electron chi connectivity index (χ1n) is 3.96. The molecule has 0 fully saturated rings. The zero-order valence-electron chi connectivity index (χ0n) is 7.41. The van der Waals surface area contributed by atoms with Gasteiger partial charge in [0, 0.05) is 11.1 Å². The van der Waals surface area contributed by atoms with E-state index in [1.807, 2.05) is 17.1 Å². The first kappa shape index (κ1) is 9.86. The molecule has 0 aliphatic carbocycles. The van der Waals surface area contributed by atoms with E-state index in [-0.39, 0.29) is 0 Å². The summed E-state index contributed by atoms with van der Waals surface area (Å²) in [5.41, 5.74) is 5.50. The lowest BCUT2D eigenvalue weighted by atomic mass is 10.3. The van der Waals surface area contributed by atoms with Gasteiger partial charge in [0.2, 0.25) is 0 Å². The van der Waals surface area contributed by atoms with Crippen molar-refractivity contribution in [2.45, 2.75) is 19.6 Å². The largest absolute Gasteiger partial charge is 0.383 e. The number of hydrogen-bond donors (Lipinski definition) is 1. The minimum absolute atomic E-state index is 0.653. The van der Waals surface area contributed by atoms with E-state index in [4.69, 9.17) is 5.73 Å². The van der Waals surface area contributed by atoms with Crippen molar-refractivity contribution in [3.8, 4) is 0 Å². The van der Waals surface area contributed by atoms with Crippen molar-refractivity contribution in [3.63, 3.8) is 0 Å². The Hall–Kier alpha value is -0.220. The van der Waals surface area contributed by atoms with Crippen LogP contribution >= 0.6 is 23.1 Å². The average Bonchev–Trinajstić information content (AvgIpc) is 2.35. The molecule has 1 aromatic heterocycles. The van der Waals surface area contributed by atoms with Crippen LogP contribution in [0.2, 0.25) is 0 Å². The number of aromatic nitrogens is 1. The Balaban J connectivity index is 2.24. The van der Waals surface area contributed by atoms with Gasteiger partial charge in [-0.3, -0.25) is 0 Å². The molecule has 0 bridgehead atoms. The van der Waals surface area contributed by atoms with E-state index in [0.717, 1.165) is 16.7 Å². The van der Waals surface area contributed by atoms with E-state index in [9.17, 15) is 0 Å². The maximum atomic E-state index is 5.50. The number of nitrogens with two attached hydrogens (primary N) is 1. The van der Waals surface area contributed by atoms with Crippen LogP contribution in [0.3, 0.4) is 0 Å². The van der Waals surface area contributed by atoms with Gasteiger partial charge in [0.15, 0.2) is 0 Å². The monoisotopic (exact) mass is 202 g/mol. The van der Waals surface area contributed by atoms with Crippen molar-refractivity contribution in [2.24, 2.45) is 5.92 Å². The lowest BCUT2D eigenvalue weighted by Crippen LogP contribution is -1.91. The van der Waals surface area contributed by atoms with Crippen LogP contribution in [0, 0.1) is 5.92 Å². The third-order valence-corrected chi connectivity index (χ3v) is 3.68. The summed E-state index contributed by atoms with van der Waals surface area (Å²) in [7, 11) is 0. The van der Waals surface area contributed by atoms with Crippen LogP contribution in [0.1, 0.15) is 18.9 Å². The Kier molecular flexibility index (Phi) is 3.88. The van der Waals surface area contributed by atoms with E-state index < -0.39 is 0 Å². The summed E-state index contributed by atoms with van der Waals surface area (Å²) in [6, 6.07) is 0. The van der Waals surface area contributed by atoms with Crippen LogP contribution in [0.5, 0.6) is 0 Å². The fourth-order valence-electron chi connectivity index (χ4n) is 0.773. The Morgan fingerprint density at radius 1 is 1.67 bits per heavy atom. The van der Waals surface area contributed by atoms with Crippen molar-refractivity contribution in [1.29, 1.82) is 0 Å². The second kappa shape index (κ2) is 4.72. The lowest BCUT2D eigenvalue weighted by molar-refractivity contribution is 0.750. The quantitative estimate of drug-likeness (QED) is 0.815. The first-order valence-corrected chi connectivity index (χ1v) is 5.99. The highest BCUT2D eigenvalue weighted by atomic mass is 32.2. The highest BCUT2D eigenvalue weighted by Gasteiger charge is 2.00. The number of nitrogens with zero attached hydrogens (tertiary/aromatic N) is 1. The summed E-state index contributed by atoms with van der Waals surface area (Å²) in [4.78, 5) is 4.18. The van der Waals surface area contributed by atoms with Gasteiger partial charge in [0.25, 0.3) is 0 Å². The van der Waals surface area contributed by atoms with Crippen LogP contribution in [0.25, 0.3) is 0 Å². The molecule has 0 unspecified atom stereocenters. The van der Waals surface area contributed by atoms with Gasteiger partial charge in [-0.05, 0) is 11.7 Å². The molecule has 0 saturated heterocycles. The normalized spacial score (nSPS) is 10.9. The standard InChI is InChI=1S/C8H14N2S2/c1-6(2)3-11-5-8-10-7(9)4-12-8/h4,6H,3,5,9H2,1-2H3. The molecule has 0 saturated carbocycles. The SMILES string of the molecule is CC(C)CSCc1nc(N)cs1. The van der Waals surface area contributed by atoms with Crippen molar-refractivity contribution in [1.82, 2.24) is 4.98 Å². The minimum atomic E-state index is 0.653. The maximum Gasteiger partial charge on any atom is 0.134 e. The van der Waals surface area contributed by atoms with Crippen LogP contribution in [0.4, 0.5) is 5.82 Å². The van der Waals surface area contributed by atoms with Crippen molar-refractivity contribution in [3.05, 3.63) is 10.4 Å². The van der Waals surface area contributed by atoms with Gasteiger partial charge in [-0.25, -0.2) is 4.98 Å². The highest BCUT2D eigenvalue weighted by molar-refractivity contribution is 7.98. The van der Waals surface area contributed by atoms with Gasteiger partial charge in [0.05, 0.1) is 0 Å². The van der Waals surface area contributed by atoms with Crippen molar-refractivity contribution in [2.75, 3.05) is 11.5 Å². The molecule has 0 aliphatic rings. The maximum absolute atomic E-state index is 5.50. The third-order valence-electron chi connectivity index (χ3n) is 1.25.